The van der Waals surface area contributed by atoms with Gasteiger partial charge in [0, 0.05) is 20.3 Å². The third kappa shape index (κ3) is 15.6. The van der Waals surface area contributed by atoms with Crippen LogP contribution in [-0.2, 0) is 76.0 Å². The van der Waals surface area contributed by atoms with Gasteiger partial charge >= 0.3 is 5.97 Å². The average molecular weight is 1320 g/mol. The molecule has 0 aromatic heterocycles. The van der Waals surface area contributed by atoms with E-state index in [0.29, 0.717) is 0 Å². The molecule has 522 valence electrons. The third-order valence-electron chi connectivity index (χ3n) is 16.3. The predicted molar refractivity (Wildman–Crippen MR) is 272 cm³/mol. The topological polar surface area (TPSA) is 661 Å². The molecule has 0 saturated carbocycles. The van der Waals surface area contributed by atoms with Crippen LogP contribution >= 0.6 is 0 Å². The summed E-state index contributed by atoms with van der Waals surface area (Å²) in [4.78, 5) is 39.0. The molecule has 0 aromatic carbocycles. The summed E-state index contributed by atoms with van der Waals surface area (Å²) in [5, 5.41) is 253. The van der Waals surface area contributed by atoms with Gasteiger partial charge in [-0.05, 0) is 0 Å². The van der Waals surface area contributed by atoms with Gasteiger partial charge < -0.3 is 190 Å². The molecule has 7 rings (SSSR count). The van der Waals surface area contributed by atoms with E-state index < -0.39 is 291 Å². The molecule has 0 bridgehead atoms. The highest BCUT2D eigenvalue weighted by Crippen LogP contribution is 2.42. The van der Waals surface area contributed by atoms with Crippen molar-refractivity contribution in [2.45, 2.75) is 241 Å². The molecule has 7 aliphatic heterocycles. The smallest absolute Gasteiger partial charge is 0.364 e. The number of rotatable bonds is 24. The van der Waals surface area contributed by atoms with Gasteiger partial charge in [0.15, 0.2) is 37.7 Å². The lowest BCUT2D eigenvalue weighted by Gasteiger charge is -2.53. The van der Waals surface area contributed by atoms with Crippen molar-refractivity contribution < 1.29 is 193 Å². The van der Waals surface area contributed by atoms with E-state index in [1.165, 1.54) is 0 Å². The molecular weight excluding hydrogens is 1240 g/mol. The lowest BCUT2D eigenvalue weighted by molar-refractivity contribution is -0.404. The van der Waals surface area contributed by atoms with E-state index in [0.717, 1.165) is 13.8 Å². The van der Waals surface area contributed by atoms with Gasteiger partial charge in [-0.1, -0.05) is 0 Å². The Bertz CT molecular complexity index is 2280. The fourth-order valence-electron chi connectivity index (χ4n) is 11.5. The number of aliphatic hydroxyl groups is 22. The Hall–Kier alpha value is -2.99. The molecule has 90 heavy (non-hydrogen) atoms. The lowest BCUT2D eigenvalue weighted by Crippen LogP contribution is -2.72. The van der Waals surface area contributed by atoms with Crippen LogP contribution in [0.2, 0.25) is 0 Å². The summed E-state index contributed by atoms with van der Waals surface area (Å²) >= 11 is 0. The first-order valence-corrected chi connectivity index (χ1v) is 28.3. The van der Waals surface area contributed by atoms with Gasteiger partial charge in [-0.15, -0.1) is 0 Å². The fourth-order valence-corrected chi connectivity index (χ4v) is 11.5. The Labute approximate surface area is 508 Å². The molecule has 7 heterocycles. The van der Waals surface area contributed by atoms with Gasteiger partial charge in [0.2, 0.25) is 11.8 Å². The van der Waals surface area contributed by atoms with Crippen molar-refractivity contribution in [2.75, 3.05) is 46.2 Å². The zero-order valence-corrected chi connectivity index (χ0v) is 47.7. The molecule has 7 saturated heterocycles. The van der Waals surface area contributed by atoms with Crippen LogP contribution in [0.25, 0.3) is 0 Å². The van der Waals surface area contributed by atoms with E-state index in [4.69, 9.17) is 61.6 Å². The Kier molecular flexibility index (Phi) is 26.2. The number of hydrogen-bond acceptors (Lipinski definition) is 38. The summed E-state index contributed by atoms with van der Waals surface area (Å²) < 4.78 is 74.7. The van der Waals surface area contributed by atoms with Gasteiger partial charge in [-0.3, -0.25) is 9.59 Å². The summed E-state index contributed by atoms with van der Waals surface area (Å²) in [5.74, 6) is -7.53. The van der Waals surface area contributed by atoms with Crippen LogP contribution in [0.4, 0.5) is 0 Å². The average Bonchev–Trinajstić information content (AvgIpc) is 0.764. The number of aliphatic hydroxyl groups excluding tert-OH is 22. The van der Waals surface area contributed by atoms with Crippen LogP contribution in [-0.4, -0.2) is 402 Å². The molecule has 0 spiro atoms. The molecule has 7 fully saturated rings. The van der Waals surface area contributed by atoms with Crippen molar-refractivity contribution in [3.05, 3.63) is 0 Å². The minimum atomic E-state index is -3.42. The van der Waals surface area contributed by atoms with Crippen LogP contribution in [0.15, 0.2) is 0 Å². The summed E-state index contributed by atoms with van der Waals surface area (Å²) in [6.07, 6.45) is -70.9. The number of hydrogen-bond donors (Lipinski definition) is 25. The van der Waals surface area contributed by atoms with Crippen molar-refractivity contribution in [2.24, 2.45) is 0 Å². The molecule has 2 amide bonds. The summed E-state index contributed by atoms with van der Waals surface area (Å²) in [7, 11) is 0. The van der Waals surface area contributed by atoms with Gasteiger partial charge in [0.1, 0.15) is 165 Å². The zero-order chi connectivity index (χ0) is 66.7. The maximum Gasteiger partial charge on any atom is 0.364 e. The highest BCUT2D eigenvalue weighted by molar-refractivity contribution is 5.76. The number of amides is 2. The van der Waals surface area contributed by atoms with E-state index in [2.05, 4.69) is 10.6 Å². The number of carboxylic acid groups (broad SMARTS) is 1. The molecule has 36 atom stereocenters. The minimum absolute atomic E-state index is 0.884. The lowest BCUT2D eigenvalue weighted by atomic mass is 9.88. The number of ether oxygens (including phenoxy) is 13. The second-order valence-electron chi connectivity index (χ2n) is 22.5. The molecule has 0 aromatic rings. The highest BCUT2D eigenvalue weighted by Gasteiger charge is 2.63. The molecule has 0 radical (unpaired) electrons. The first-order valence-electron chi connectivity index (χ1n) is 28.3. The van der Waals surface area contributed by atoms with Crippen molar-refractivity contribution in [1.29, 1.82) is 0 Å². The number of nitrogens with one attached hydrogen (secondary N) is 2. The van der Waals surface area contributed by atoms with E-state index in [1.54, 1.807) is 0 Å². The third-order valence-corrected chi connectivity index (χ3v) is 16.3. The van der Waals surface area contributed by atoms with E-state index in [9.17, 15) is 132 Å². The van der Waals surface area contributed by atoms with Gasteiger partial charge in [0.25, 0.3) is 5.79 Å². The maximum atomic E-state index is 13.6. The van der Waals surface area contributed by atoms with E-state index >= 15 is 0 Å². The second-order valence-corrected chi connectivity index (χ2v) is 22.5. The van der Waals surface area contributed by atoms with Crippen LogP contribution in [0.1, 0.15) is 20.3 Å². The minimum Gasteiger partial charge on any atom is -0.477 e. The molecule has 0 unspecified atom stereocenters. The van der Waals surface area contributed by atoms with Crippen molar-refractivity contribution >= 4 is 17.8 Å². The monoisotopic (exact) mass is 1320 g/mol. The summed E-state index contributed by atoms with van der Waals surface area (Å²) in [5.41, 5.74) is 0. The van der Waals surface area contributed by atoms with Gasteiger partial charge in [-0.2, -0.15) is 0 Å². The van der Waals surface area contributed by atoms with Crippen LogP contribution < -0.4 is 10.6 Å². The van der Waals surface area contributed by atoms with Gasteiger partial charge in [-0.25, -0.2) is 4.79 Å². The molecule has 25 N–H and O–H groups in total. The number of carboxylic acids is 1. The molecule has 0 aliphatic carbocycles. The SMILES string of the molecule is CC(=O)N[C@H]1[C@H](O[C@@H]2[C@H](O[C@]3(C(=O)O)C[C@H](O)[C@@H](NC(C)=O)[C@H]([C@H](O)[C@H](O)CO)O3)[C@@H](O)[C@H](O[C@H]3[C@H](O)[C@@H](O)[C@H](O)O[C@@H]3CO)O[C@@H]2CO)O[C@H](CO)[C@H](O)[C@@H]1O[C@@H]1O[C@H](CO)[C@H](O[C@H]2O[C@H](CO)[C@H](O[C@@H]3O[C@H](CO)[C@H](O)[C@H](O)[C@H]3O)[C@H](O)[C@H]2O)[C@H](O)[C@H]1O. The largest absolute Gasteiger partial charge is 0.477 e. The fraction of sp³-hybridized carbons (Fsp3) is 0.939. The van der Waals surface area contributed by atoms with Crippen molar-refractivity contribution in [3.63, 3.8) is 0 Å². The van der Waals surface area contributed by atoms with Crippen molar-refractivity contribution in [3.8, 4) is 0 Å². The van der Waals surface area contributed by atoms with E-state index in [-0.39, 0.29) is 0 Å². The van der Waals surface area contributed by atoms with E-state index in [1.807, 2.05) is 0 Å². The zero-order valence-electron chi connectivity index (χ0n) is 47.7. The van der Waals surface area contributed by atoms with Gasteiger partial charge in [0.05, 0.1) is 58.4 Å². The normalized spacial score (nSPS) is 48.5. The molecular formula is C49H82N2O39. The van der Waals surface area contributed by atoms with Crippen molar-refractivity contribution in [1.82, 2.24) is 10.6 Å². The molecule has 41 heteroatoms. The number of carbonyl (C=O) groups excluding carboxylic acids is 2. The maximum absolute atomic E-state index is 13.6. The molecule has 41 nitrogen and oxygen atoms in total. The Morgan fingerprint density at radius 2 is 0.811 bits per heavy atom. The first-order chi connectivity index (χ1) is 42.5. The van der Waals surface area contributed by atoms with Crippen LogP contribution in [0.3, 0.4) is 0 Å². The summed E-state index contributed by atoms with van der Waals surface area (Å²) in [6.45, 7) is -6.03. The number of carbonyl (C=O) groups is 3. The summed E-state index contributed by atoms with van der Waals surface area (Å²) in [6, 6.07) is -3.83. The quantitative estimate of drug-likeness (QED) is 0.0427. The van der Waals surface area contributed by atoms with Crippen LogP contribution in [0.5, 0.6) is 0 Å². The second kappa shape index (κ2) is 31.7. The first kappa shape index (κ1) is 74.4. The number of aliphatic carboxylic acids is 1. The Morgan fingerprint density at radius 3 is 1.27 bits per heavy atom. The highest BCUT2D eigenvalue weighted by atomic mass is 16.8. The standard InChI is InChI=1S/C49H82N2O39/c1-11(59)50-21-13(61)3-49(48(76)77,89-40(21)23(63)14(62)4-52)90-41-34(74)47(86-35-17(7-55)78-42(75)30(70)27(35)67)83-20(10-58)38(41)87-43-22(51-12(2)60)39(25(65)16(6-54)79-43)88-46-33(73)29(69)37(19(9-57)82-46)85-45-32(72)28(68)36(18(8-56)81-45)84-44-31(71)26(66)24(64)15(5-53)80-44/h13-47,52-58,61-75H,3-10H2,1-2H3,(H,50,59)(H,51,60)(H,76,77)/t13-,14+,15+,16+,17+,18+,19+,20+,21+,22+,23+,24-,25-,26-,27+,28+,29+,30+,31+,32+,33+,34+,35+,36-,37-,38-,39+,40+,41+,42+,43-,44-,45+,46-,47-,49-/m0/s1. The Balaban J connectivity index is 1.18. The predicted octanol–water partition coefficient (Wildman–Crippen LogP) is -16.8. The molecule has 7 aliphatic rings. The Morgan fingerprint density at radius 1 is 0.433 bits per heavy atom. The van der Waals surface area contributed by atoms with Crippen LogP contribution in [0, 0.1) is 0 Å².